The number of nitrogens with one attached hydrogen (secondary N) is 1. The van der Waals surface area contributed by atoms with Gasteiger partial charge in [0.15, 0.2) is 0 Å². The summed E-state index contributed by atoms with van der Waals surface area (Å²) in [6.07, 6.45) is 0. The van der Waals surface area contributed by atoms with Gasteiger partial charge < -0.3 is 5.32 Å². The summed E-state index contributed by atoms with van der Waals surface area (Å²) in [5, 5.41) is 13.3. The Labute approximate surface area is 124 Å². The van der Waals surface area contributed by atoms with Crippen LogP contribution in [0, 0.1) is 15.9 Å². The fourth-order valence-electron chi connectivity index (χ4n) is 1.68. The van der Waals surface area contributed by atoms with Crippen molar-refractivity contribution in [2.45, 2.75) is 6.54 Å². The number of nitro benzene ring substituents is 1. The summed E-state index contributed by atoms with van der Waals surface area (Å²) in [4.78, 5) is 21.9. The molecule has 0 aliphatic rings. The van der Waals surface area contributed by atoms with Crippen molar-refractivity contribution >= 4 is 23.2 Å². The van der Waals surface area contributed by atoms with Crippen LogP contribution in [0.1, 0.15) is 15.9 Å². The van der Waals surface area contributed by atoms with Crippen LogP contribution in [0.5, 0.6) is 0 Å². The third-order valence-electron chi connectivity index (χ3n) is 2.77. The molecule has 2 aromatic rings. The van der Waals surface area contributed by atoms with E-state index in [9.17, 15) is 19.3 Å². The Kier molecular flexibility index (Phi) is 4.49. The van der Waals surface area contributed by atoms with Crippen LogP contribution >= 0.6 is 11.6 Å². The lowest BCUT2D eigenvalue weighted by atomic mass is 10.1. The number of benzene rings is 2. The molecule has 1 N–H and O–H groups in total. The summed E-state index contributed by atoms with van der Waals surface area (Å²) in [6.45, 7) is 0.128. The summed E-state index contributed by atoms with van der Waals surface area (Å²) < 4.78 is 13.5. The molecular formula is C14H10ClFN2O3. The van der Waals surface area contributed by atoms with Gasteiger partial charge in [0.05, 0.1) is 10.5 Å². The van der Waals surface area contributed by atoms with Gasteiger partial charge >= 0.3 is 0 Å². The van der Waals surface area contributed by atoms with Gasteiger partial charge in [0.1, 0.15) is 5.82 Å². The van der Waals surface area contributed by atoms with Crippen LogP contribution in [-0.4, -0.2) is 10.8 Å². The molecule has 0 saturated heterocycles. The van der Waals surface area contributed by atoms with E-state index in [1.807, 2.05) is 0 Å². The van der Waals surface area contributed by atoms with Crippen LogP contribution < -0.4 is 5.32 Å². The molecule has 2 rings (SSSR count). The first-order valence-corrected chi connectivity index (χ1v) is 6.32. The molecule has 108 valence electrons. The highest BCUT2D eigenvalue weighted by Gasteiger charge is 2.12. The highest BCUT2D eigenvalue weighted by molar-refractivity contribution is 6.30. The molecule has 0 atom stereocenters. The molecule has 0 heterocycles. The second kappa shape index (κ2) is 6.32. The predicted molar refractivity (Wildman–Crippen MR) is 75.7 cm³/mol. The van der Waals surface area contributed by atoms with Gasteiger partial charge in [-0.05, 0) is 23.8 Å². The summed E-state index contributed by atoms with van der Waals surface area (Å²) in [5.41, 5.74) is 0.478. The minimum Gasteiger partial charge on any atom is -0.348 e. The first-order chi connectivity index (χ1) is 9.97. The lowest BCUT2D eigenvalue weighted by molar-refractivity contribution is -0.384. The van der Waals surface area contributed by atoms with Crippen molar-refractivity contribution < 1.29 is 14.1 Å². The zero-order valence-electron chi connectivity index (χ0n) is 10.7. The van der Waals surface area contributed by atoms with Crippen molar-refractivity contribution in [3.63, 3.8) is 0 Å². The van der Waals surface area contributed by atoms with Crippen LogP contribution in [-0.2, 0) is 6.54 Å². The first kappa shape index (κ1) is 14.9. The number of rotatable bonds is 4. The maximum atomic E-state index is 13.5. The minimum absolute atomic E-state index is 0.0361. The molecule has 0 bridgehead atoms. The van der Waals surface area contributed by atoms with Gasteiger partial charge in [-0.1, -0.05) is 23.7 Å². The maximum absolute atomic E-state index is 13.5. The molecule has 0 unspecified atom stereocenters. The van der Waals surface area contributed by atoms with Crippen LogP contribution in [0.2, 0.25) is 5.02 Å². The van der Waals surface area contributed by atoms with E-state index in [4.69, 9.17) is 11.6 Å². The highest BCUT2D eigenvalue weighted by atomic mass is 35.5. The van der Waals surface area contributed by atoms with Gasteiger partial charge in [0.2, 0.25) is 0 Å². The predicted octanol–water partition coefficient (Wildman–Crippen LogP) is 3.32. The molecule has 7 heteroatoms. The molecule has 0 radical (unpaired) electrons. The maximum Gasteiger partial charge on any atom is 0.269 e. The molecule has 0 aromatic heterocycles. The molecule has 0 aliphatic heterocycles. The first-order valence-electron chi connectivity index (χ1n) is 5.94. The van der Waals surface area contributed by atoms with Gasteiger partial charge in [-0.15, -0.1) is 0 Å². The largest absolute Gasteiger partial charge is 0.348 e. The second-order valence-electron chi connectivity index (χ2n) is 4.23. The van der Waals surface area contributed by atoms with Crippen molar-refractivity contribution in [3.8, 4) is 0 Å². The van der Waals surface area contributed by atoms with Crippen molar-refractivity contribution in [1.29, 1.82) is 0 Å². The van der Waals surface area contributed by atoms with E-state index in [-0.39, 0.29) is 22.8 Å². The standard InChI is InChI=1S/C14H10ClFN2O3/c15-10-3-6-13(16)12(7-10)14(19)17-8-9-1-4-11(5-2-9)18(20)21/h1-7H,8H2,(H,17,19). The number of halogens is 2. The zero-order valence-corrected chi connectivity index (χ0v) is 11.4. The van der Waals surface area contributed by atoms with Crippen molar-refractivity contribution in [2.75, 3.05) is 0 Å². The monoisotopic (exact) mass is 308 g/mol. The SMILES string of the molecule is O=C(NCc1ccc([N+](=O)[O-])cc1)c1cc(Cl)ccc1F. The van der Waals surface area contributed by atoms with Crippen molar-refractivity contribution in [2.24, 2.45) is 0 Å². The highest BCUT2D eigenvalue weighted by Crippen LogP contribution is 2.15. The molecule has 0 spiro atoms. The topological polar surface area (TPSA) is 72.2 Å². The average molecular weight is 309 g/mol. The molecule has 21 heavy (non-hydrogen) atoms. The van der Waals surface area contributed by atoms with Crippen LogP contribution in [0.4, 0.5) is 10.1 Å². The van der Waals surface area contributed by atoms with E-state index in [1.54, 1.807) is 0 Å². The molecule has 5 nitrogen and oxygen atoms in total. The van der Waals surface area contributed by atoms with E-state index in [0.29, 0.717) is 5.56 Å². The Morgan fingerprint density at radius 2 is 1.90 bits per heavy atom. The fraction of sp³-hybridized carbons (Fsp3) is 0.0714. The number of non-ortho nitro benzene ring substituents is 1. The van der Waals surface area contributed by atoms with Crippen LogP contribution in [0.15, 0.2) is 42.5 Å². The Bertz CT molecular complexity index is 689. The number of amides is 1. The molecular weight excluding hydrogens is 299 g/mol. The van der Waals surface area contributed by atoms with E-state index < -0.39 is 16.6 Å². The molecule has 1 amide bonds. The summed E-state index contributed by atoms with van der Waals surface area (Å²) >= 11 is 5.71. The van der Waals surface area contributed by atoms with Gasteiger partial charge in [0.25, 0.3) is 11.6 Å². The van der Waals surface area contributed by atoms with Crippen molar-refractivity contribution in [1.82, 2.24) is 5.32 Å². The number of carbonyl (C=O) groups excluding carboxylic acids is 1. The van der Waals surface area contributed by atoms with Crippen molar-refractivity contribution in [3.05, 3.63) is 74.5 Å². The quantitative estimate of drug-likeness (QED) is 0.695. The van der Waals surface area contributed by atoms with Gasteiger partial charge in [0, 0.05) is 23.7 Å². The molecule has 2 aromatic carbocycles. The summed E-state index contributed by atoms with van der Waals surface area (Å²) in [5.74, 6) is -1.27. The van der Waals surface area contributed by atoms with Gasteiger partial charge in [-0.2, -0.15) is 0 Å². The normalized spacial score (nSPS) is 10.2. The Morgan fingerprint density at radius 1 is 1.24 bits per heavy atom. The lowest BCUT2D eigenvalue weighted by Gasteiger charge is -2.06. The number of carbonyl (C=O) groups is 1. The Morgan fingerprint density at radius 3 is 2.52 bits per heavy atom. The third kappa shape index (κ3) is 3.76. The second-order valence-corrected chi connectivity index (χ2v) is 4.67. The minimum atomic E-state index is -0.666. The molecule has 0 fully saturated rings. The fourth-order valence-corrected chi connectivity index (χ4v) is 1.86. The van der Waals surface area contributed by atoms with Gasteiger partial charge in [-0.25, -0.2) is 4.39 Å². The number of nitro groups is 1. The number of hydrogen-bond acceptors (Lipinski definition) is 3. The zero-order chi connectivity index (χ0) is 15.4. The smallest absolute Gasteiger partial charge is 0.269 e. The Hall–Kier alpha value is -2.47. The Balaban J connectivity index is 2.04. The van der Waals surface area contributed by atoms with E-state index >= 15 is 0 Å². The number of hydrogen-bond donors (Lipinski definition) is 1. The molecule has 0 aliphatic carbocycles. The average Bonchev–Trinajstić information content (AvgIpc) is 2.47. The van der Waals surface area contributed by atoms with Crippen LogP contribution in [0.3, 0.4) is 0 Å². The van der Waals surface area contributed by atoms with Crippen LogP contribution in [0.25, 0.3) is 0 Å². The lowest BCUT2D eigenvalue weighted by Crippen LogP contribution is -2.23. The summed E-state index contributed by atoms with van der Waals surface area (Å²) in [7, 11) is 0. The van der Waals surface area contributed by atoms with E-state index in [0.717, 1.165) is 6.07 Å². The summed E-state index contributed by atoms with van der Waals surface area (Å²) in [6, 6.07) is 9.41. The van der Waals surface area contributed by atoms with Gasteiger partial charge in [-0.3, -0.25) is 14.9 Å². The number of nitrogens with zero attached hydrogens (tertiary/aromatic N) is 1. The molecule has 0 saturated carbocycles. The van der Waals surface area contributed by atoms with E-state index in [2.05, 4.69) is 5.32 Å². The van der Waals surface area contributed by atoms with E-state index in [1.165, 1.54) is 36.4 Å². The third-order valence-corrected chi connectivity index (χ3v) is 3.01.